The van der Waals surface area contributed by atoms with Crippen molar-refractivity contribution in [3.63, 3.8) is 0 Å². The lowest BCUT2D eigenvalue weighted by molar-refractivity contribution is 1.65. The maximum absolute atomic E-state index is 2.36. The molecule has 0 fully saturated rings. The van der Waals surface area contributed by atoms with E-state index in [1.54, 1.807) is 0 Å². The Morgan fingerprint density at radius 2 is 0.700 bits per heavy atom. The lowest BCUT2D eigenvalue weighted by atomic mass is 9.85. The van der Waals surface area contributed by atoms with E-state index in [1.807, 2.05) is 0 Å². The number of benzene rings is 6. The lowest BCUT2D eigenvalue weighted by Crippen LogP contribution is -1.90. The maximum atomic E-state index is 2.36. The largest absolute Gasteiger partial charge is 0.0622 e. The van der Waals surface area contributed by atoms with E-state index in [0.717, 1.165) is 0 Å². The molecule has 0 aliphatic carbocycles. The Hall–Kier alpha value is -3.90. The molecule has 0 heteroatoms. The molecule has 0 radical (unpaired) electrons. The van der Waals surface area contributed by atoms with Crippen molar-refractivity contribution < 1.29 is 0 Å². The van der Waals surface area contributed by atoms with Crippen LogP contribution in [0.3, 0.4) is 0 Å². The van der Waals surface area contributed by atoms with Gasteiger partial charge in [0.05, 0.1) is 0 Å². The minimum absolute atomic E-state index is 1.25. The van der Waals surface area contributed by atoms with Crippen molar-refractivity contribution in [3.8, 4) is 22.3 Å². The molecule has 0 atom stereocenters. The van der Waals surface area contributed by atoms with Crippen LogP contribution in [0.5, 0.6) is 0 Å². The van der Waals surface area contributed by atoms with E-state index in [2.05, 4.69) is 121 Å². The van der Waals surface area contributed by atoms with Crippen molar-refractivity contribution in [1.29, 1.82) is 0 Å². The molecule has 6 aromatic carbocycles. The standard InChI is InChI=1S/C30H20/c1-3-11-21(12-4-1)27-19-23-15-7-10-18-26(23)30-28(22-13-5-2-6-14-22)20-24-16-8-9-17-25(24)29(27)30/h1-20H. The summed E-state index contributed by atoms with van der Waals surface area (Å²) >= 11 is 0. The molecular formula is C30H20. The molecule has 140 valence electrons. The van der Waals surface area contributed by atoms with Crippen molar-refractivity contribution in [2.45, 2.75) is 0 Å². The summed E-state index contributed by atoms with van der Waals surface area (Å²) in [7, 11) is 0. The molecule has 30 heavy (non-hydrogen) atoms. The zero-order valence-corrected chi connectivity index (χ0v) is 16.5. The van der Waals surface area contributed by atoms with Crippen molar-refractivity contribution >= 4 is 32.3 Å². The summed E-state index contributed by atoms with van der Waals surface area (Å²) in [5.41, 5.74) is 5.09. The summed E-state index contributed by atoms with van der Waals surface area (Å²) in [6.07, 6.45) is 0. The second-order valence-electron chi connectivity index (χ2n) is 7.77. The van der Waals surface area contributed by atoms with Crippen LogP contribution in [0.2, 0.25) is 0 Å². The van der Waals surface area contributed by atoms with Crippen molar-refractivity contribution in [2.24, 2.45) is 0 Å². The summed E-state index contributed by atoms with van der Waals surface area (Å²) in [6.45, 7) is 0. The first-order valence-corrected chi connectivity index (χ1v) is 10.4. The topological polar surface area (TPSA) is 0 Å². The SMILES string of the molecule is c1ccc(-c2cc3ccccc3c3c(-c4ccccc4)cc4ccccc4c23)cc1. The average molecular weight is 380 g/mol. The van der Waals surface area contributed by atoms with Gasteiger partial charge in [0.15, 0.2) is 0 Å². The first kappa shape index (κ1) is 17.0. The third-order valence-corrected chi connectivity index (χ3v) is 6.02. The van der Waals surface area contributed by atoms with Gasteiger partial charge in [0, 0.05) is 0 Å². The zero-order valence-electron chi connectivity index (χ0n) is 16.5. The molecule has 0 unspecified atom stereocenters. The fourth-order valence-corrected chi connectivity index (χ4v) is 4.68. The molecule has 0 saturated heterocycles. The molecule has 6 aromatic rings. The van der Waals surface area contributed by atoms with Crippen LogP contribution in [0.15, 0.2) is 121 Å². The third-order valence-electron chi connectivity index (χ3n) is 6.02. The summed E-state index contributed by atoms with van der Waals surface area (Å²) in [4.78, 5) is 0. The monoisotopic (exact) mass is 380 g/mol. The number of fused-ring (bicyclic) bond motifs is 5. The van der Waals surface area contributed by atoms with Crippen molar-refractivity contribution in [3.05, 3.63) is 121 Å². The van der Waals surface area contributed by atoms with Gasteiger partial charge in [-0.05, 0) is 66.7 Å². The molecule has 0 nitrogen and oxygen atoms in total. The van der Waals surface area contributed by atoms with Crippen LogP contribution in [-0.4, -0.2) is 0 Å². The van der Waals surface area contributed by atoms with E-state index in [9.17, 15) is 0 Å². The van der Waals surface area contributed by atoms with Crippen LogP contribution < -0.4 is 0 Å². The molecule has 0 saturated carbocycles. The highest BCUT2D eigenvalue weighted by Gasteiger charge is 2.16. The number of hydrogen-bond donors (Lipinski definition) is 0. The quantitative estimate of drug-likeness (QED) is 0.264. The number of hydrogen-bond acceptors (Lipinski definition) is 0. The van der Waals surface area contributed by atoms with Crippen LogP contribution in [0.4, 0.5) is 0 Å². The lowest BCUT2D eigenvalue weighted by Gasteiger charge is -2.18. The van der Waals surface area contributed by atoms with Gasteiger partial charge in [0.2, 0.25) is 0 Å². The van der Waals surface area contributed by atoms with E-state index in [-0.39, 0.29) is 0 Å². The summed E-state index contributed by atoms with van der Waals surface area (Å²) < 4.78 is 0. The second-order valence-corrected chi connectivity index (χ2v) is 7.77. The molecule has 0 aromatic heterocycles. The minimum Gasteiger partial charge on any atom is -0.0622 e. The fraction of sp³-hybridized carbons (Fsp3) is 0. The smallest absolute Gasteiger partial charge is 0.00141 e. The first-order chi connectivity index (χ1) is 14.9. The van der Waals surface area contributed by atoms with E-state index in [1.165, 1.54) is 54.6 Å². The van der Waals surface area contributed by atoms with E-state index < -0.39 is 0 Å². The van der Waals surface area contributed by atoms with Gasteiger partial charge in [-0.2, -0.15) is 0 Å². The second kappa shape index (κ2) is 6.86. The highest BCUT2D eigenvalue weighted by Crippen LogP contribution is 2.44. The number of rotatable bonds is 2. The van der Waals surface area contributed by atoms with Gasteiger partial charge < -0.3 is 0 Å². The molecule has 0 aliphatic heterocycles. The summed E-state index contributed by atoms with van der Waals surface area (Å²) in [5.74, 6) is 0. The van der Waals surface area contributed by atoms with Gasteiger partial charge in [0.25, 0.3) is 0 Å². The van der Waals surface area contributed by atoms with Gasteiger partial charge >= 0.3 is 0 Å². The molecule has 0 heterocycles. The van der Waals surface area contributed by atoms with Gasteiger partial charge in [-0.3, -0.25) is 0 Å². The van der Waals surface area contributed by atoms with Crippen molar-refractivity contribution in [1.82, 2.24) is 0 Å². The summed E-state index contributed by atoms with van der Waals surface area (Å²) in [5, 5.41) is 7.81. The average Bonchev–Trinajstić information content (AvgIpc) is 2.84. The van der Waals surface area contributed by atoms with E-state index in [4.69, 9.17) is 0 Å². The maximum Gasteiger partial charge on any atom is -0.00141 e. The van der Waals surface area contributed by atoms with Crippen LogP contribution in [-0.2, 0) is 0 Å². The van der Waals surface area contributed by atoms with Crippen LogP contribution in [0.1, 0.15) is 0 Å². The van der Waals surface area contributed by atoms with Crippen molar-refractivity contribution in [2.75, 3.05) is 0 Å². The summed E-state index contributed by atoms with van der Waals surface area (Å²) in [6, 6.07) is 43.8. The highest BCUT2D eigenvalue weighted by molar-refractivity contribution is 6.27. The zero-order chi connectivity index (χ0) is 19.9. The molecule has 0 spiro atoms. The predicted molar refractivity (Wildman–Crippen MR) is 130 cm³/mol. The molecule has 0 bridgehead atoms. The Morgan fingerprint density at radius 3 is 1.13 bits per heavy atom. The Bertz CT molecular complexity index is 1390. The van der Waals surface area contributed by atoms with E-state index in [0.29, 0.717) is 0 Å². The molecule has 0 N–H and O–H groups in total. The van der Waals surface area contributed by atoms with Gasteiger partial charge in [-0.1, -0.05) is 109 Å². The Labute approximate surface area is 176 Å². The first-order valence-electron chi connectivity index (χ1n) is 10.4. The Balaban J connectivity index is 1.92. The fourth-order valence-electron chi connectivity index (χ4n) is 4.68. The Kier molecular flexibility index (Phi) is 3.89. The molecule has 0 amide bonds. The van der Waals surface area contributed by atoms with Crippen LogP contribution in [0, 0.1) is 0 Å². The predicted octanol–water partition coefficient (Wildman–Crippen LogP) is 8.48. The normalized spacial score (nSPS) is 11.3. The minimum atomic E-state index is 1.25. The van der Waals surface area contributed by atoms with Crippen LogP contribution in [0.25, 0.3) is 54.6 Å². The molecule has 6 rings (SSSR count). The van der Waals surface area contributed by atoms with Gasteiger partial charge in [0.1, 0.15) is 0 Å². The Morgan fingerprint density at radius 1 is 0.333 bits per heavy atom. The highest BCUT2D eigenvalue weighted by atomic mass is 14.2. The van der Waals surface area contributed by atoms with Crippen LogP contribution >= 0.6 is 0 Å². The van der Waals surface area contributed by atoms with E-state index >= 15 is 0 Å². The third kappa shape index (κ3) is 2.62. The van der Waals surface area contributed by atoms with Gasteiger partial charge in [-0.25, -0.2) is 0 Å². The molecule has 0 aliphatic rings. The molecular weight excluding hydrogens is 360 g/mol. The van der Waals surface area contributed by atoms with Gasteiger partial charge in [-0.15, -0.1) is 0 Å².